The third-order valence-corrected chi connectivity index (χ3v) is 6.01. The van der Waals surface area contributed by atoms with Crippen LogP contribution in [-0.4, -0.2) is 67.3 Å². The van der Waals surface area contributed by atoms with Crippen molar-refractivity contribution in [1.82, 2.24) is 20.1 Å². The van der Waals surface area contributed by atoms with Crippen molar-refractivity contribution >= 4 is 39.3 Å². The largest absolute Gasteiger partial charge is 0.495 e. The Bertz CT molecular complexity index is 1290. The quantitative estimate of drug-likeness (QED) is 0.288. The Labute approximate surface area is 207 Å². The average molecular weight is 520 g/mol. The van der Waals surface area contributed by atoms with Crippen molar-refractivity contribution in [3.63, 3.8) is 0 Å². The van der Waals surface area contributed by atoms with E-state index in [2.05, 4.69) is 20.2 Å². The number of carbonyl (C=O) groups is 2. The minimum Gasteiger partial charge on any atom is -0.495 e. The number of amides is 1. The first-order valence-electron chi connectivity index (χ1n) is 10.4. The predicted octanol–water partition coefficient (Wildman–Crippen LogP) is 2.09. The number of rotatable bonds is 11. The SMILES string of the molecule is CCOC(=O)CNC(=O)CSc1nnc(-c2ccc(NS(C)(=O)=O)cc2)n1-c1ccccc1OC. The fourth-order valence-electron chi connectivity index (χ4n) is 3.05. The molecular weight excluding hydrogens is 494 g/mol. The van der Waals surface area contributed by atoms with E-state index in [4.69, 9.17) is 9.47 Å². The zero-order chi connectivity index (χ0) is 25.4. The number of methoxy groups -OCH3 is 1. The molecule has 0 bridgehead atoms. The molecule has 0 radical (unpaired) electrons. The summed E-state index contributed by atoms with van der Waals surface area (Å²) in [6, 6.07) is 13.9. The van der Waals surface area contributed by atoms with Crippen molar-refractivity contribution in [2.24, 2.45) is 0 Å². The van der Waals surface area contributed by atoms with Crippen LogP contribution in [0.25, 0.3) is 17.1 Å². The van der Waals surface area contributed by atoms with E-state index in [1.54, 1.807) is 48.9 Å². The van der Waals surface area contributed by atoms with Gasteiger partial charge in [-0.15, -0.1) is 10.2 Å². The van der Waals surface area contributed by atoms with E-state index in [0.717, 1.165) is 18.0 Å². The van der Waals surface area contributed by atoms with E-state index < -0.39 is 16.0 Å². The second-order valence-corrected chi connectivity index (χ2v) is 9.83. The summed E-state index contributed by atoms with van der Waals surface area (Å²) in [6.07, 6.45) is 1.08. The van der Waals surface area contributed by atoms with E-state index in [-0.39, 0.29) is 24.8 Å². The fourth-order valence-corrected chi connectivity index (χ4v) is 4.39. The zero-order valence-corrected chi connectivity index (χ0v) is 21.0. The Morgan fingerprint density at radius 1 is 1.09 bits per heavy atom. The topological polar surface area (TPSA) is 142 Å². The van der Waals surface area contributed by atoms with Gasteiger partial charge in [-0.1, -0.05) is 23.9 Å². The summed E-state index contributed by atoms with van der Waals surface area (Å²) in [5, 5.41) is 11.5. The van der Waals surface area contributed by atoms with Crippen molar-refractivity contribution in [2.75, 3.05) is 37.0 Å². The number of hydrogen-bond acceptors (Lipinski definition) is 9. The molecule has 3 rings (SSSR count). The highest BCUT2D eigenvalue weighted by atomic mass is 32.2. The fraction of sp³-hybridized carbons (Fsp3) is 0.273. The van der Waals surface area contributed by atoms with Gasteiger partial charge in [0.2, 0.25) is 15.9 Å². The maximum atomic E-state index is 12.2. The summed E-state index contributed by atoms with van der Waals surface area (Å²) < 4.78 is 37.5. The van der Waals surface area contributed by atoms with Gasteiger partial charge in [-0.3, -0.25) is 18.9 Å². The lowest BCUT2D eigenvalue weighted by Gasteiger charge is -2.14. The molecule has 2 N–H and O–H groups in total. The van der Waals surface area contributed by atoms with Gasteiger partial charge in [0.05, 0.1) is 31.4 Å². The molecule has 0 saturated heterocycles. The van der Waals surface area contributed by atoms with E-state index in [1.165, 1.54) is 0 Å². The number of nitrogens with zero attached hydrogens (tertiary/aromatic N) is 3. The Morgan fingerprint density at radius 2 is 1.80 bits per heavy atom. The first-order valence-corrected chi connectivity index (χ1v) is 13.3. The summed E-state index contributed by atoms with van der Waals surface area (Å²) >= 11 is 1.14. The first-order chi connectivity index (χ1) is 16.7. The molecule has 186 valence electrons. The van der Waals surface area contributed by atoms with Gasteiger partial charge in [-0.2, -0.15) is 0 Å². The summed E-state index contributed by atoms with van der Waals surface area (Å²) in [6.45, 7) is 1.71. The molecule has 0 aliphatic rings. The lowest BCUT2D eigenvalue weighted by molar-refractivity contribution is -0.143. The Balaban J connectivity index is 1.90. The van der Waals surface area contributed by atoms with Crippen LogP contribution in [0.15, 0.2) is 53.7 Å². The molecule has 0 atom stereocenters. The zero-order valence-electron chi connectivity index (χ0n) is 19.3. The lowest BCUT2D eigenvalue weighted by atomic mass is 10.2. The maximum Gasteiger partial charge on any atom is 0.325 e. The number of sulfonamides is 1. The molecule has 0 saturated carbocycles. The van der Waals surface area contributed by atoms with Gasteiger partial charge >= 0.3 is 5.97 Å². The molecule has 1 heterocycles. The molecule has 13 heteroatoms. The van der Waals surface area contributed by atoms with Gasteiger partial charge < -0.3 is 14.8 Å². The predicted molar refractivity (Wildman–Crippen MR) is 132 cm³/mol. The Kier molecular flexibility index (Phi) is 8.71. The van der Waals surface area contributed by atoms with Gasteiger partial charge in [0.25, 0.3) is 0 Å². The molecular formula is C22H25N5O6S2. The molecule has 0 fully saturated rings. The molecule has 3 aromatic rings. The first kappa shape index (κ1) is 26.0. The van der Waals surface area contributed by atoms with Gasteiger partial charge in [-0.05, 0) is 43.3 Å². The van der Waals surface area contributed by atoms with Gasteiger partial charge in [-0.25, -0.2) is 8.42 Å². The van der Waals surface area contributed by atoms with E-state index in [0.29, 0.717) is 33.7 Å². The monoisotopic (exact) mass is 519 g/mol. The summed E-state index contributed by atoms with van der Waals surface area (Å²) in [5.74, 6) is 0.145. The molecule has 35 heavy (non-hydrogen) atoms. The van der Waals surface area contributed by atoms with Crippen LogP contribution in [0.2, 0.25) is 0 Å². The Morgan fingerprint density at radius 3 is 2.46 bits per heavy atom. The van der Waals surface area contributed by atoms with E-state index >= 15 is 0 Å². The number of nitrogens with one attached hydrogen (secondary N) is 2. The third-order valence-electron chi connectivity index (χ3n) is 4.47. The molecule has 1 amide bonds. The standard InChI is InChI=1S/C22H25N5O6S2/c1-4-33-20(29)13-23-19(28)14-34-22-25-24-21(27(22)17-7-5-6-8-18(17)32-2)15-9-11-16(12-10-15)26-35(3,30)31/h5-12,26H,4,13-14H2,1-3H3,(H,23,28). The van der Waals surface area contributed by atoms with Crippen LogP contribution in [0.4, 0.5) is 5.69 Å². The smallest absolute Gasteiger partial charge is 0.325 e. The number of para-hydroxylation sites is 2. The Hall–Kier alpha value is -3.58. The molecule has 0 aliphatic carbocycles. The van der Waals surface area contributed by atoms with Crippen LogP contribution in [-0.2, 0) is 24.3 Å². The van der Waals surface area contributed by atoms with Gasteiger partial charge in [0.1, 0.15) is 12.3 Å². The third kappa shape index (κ3) is 7.20. The number of thioether (sulfide) groups is 1. The highest BCUT2D eigenvalue weighted by molar-refractivity contribution is 7.99. The second-order valence-electron chi connectivity index (χ2n) is 7.14. The number of esters is 1. The second kappa shape index (κ2) is 11.7. The van der Waals surface area contributed by atoms with Crippen LogP contribution in [0.1, 0.15) is 6.92 Å². The minimum atomic E-state index is -3.41. The van der Waals surface area contributed by atoms with Crippen molar-refractivity contribution in [3.8, 4) is 22.8 Å². The lowest BCUT2D eigenvalue weighted by Crippen LogP contribution is -2.31. The average Bonchev–Trinajstić information content (AvgIpc) is 3.24. The van der Waals surface area contributed by atoms with Gasteiger partial charge in [0.15, 0.2) is 11.0 Å². The molecule has 0 unspecified atom stereocenters. The van der Waals surface area contributed by atoms with Crippen molar-refractivity contribution in [3.05, 3.63) is 48.5 Å². The van der Waals surface area contributed by atoms with E-state index in [1.807, 2.05) is 18.2 Å². The molecule has 1 aromatic heterocycles. The summed E-state index contributed by atoms with van der Waals surface area (Å²) in [7, 11) is -1.86. The van der Waals surface area contributed by atoms with Gasteiger partial charge in [0, 0.05) is 11.3 Å². The normalized spacial score (nSPS) is 11.1. The number of benzene rings is 2. The number of hydrogen-bond donors (Lipinski definition) is 2. The highest BCUT2D eigenvalue weighted by Gasteiger charge is 2.20. The number of carbonyl (C=O) groups excluding carboxylic acids is 2. The maximum absolute atomic E-state index is 12.2. The van der Waals surface area contributed by atoms with Crippen LogP contribution in [0, 0.1) is 0 Å². The van der Waals surface area contributed by atoms with Crippen molar-refractivity contribution < 1.29 is 27.5 Å². The van der Waals surface area contributed by atoms with Crippen molar-refractivity contribution in [1.29, 1.82) is 0 Å². The van der Waals surface area contributed by atoms with Crippen LogP contribution in [0.3, 0.4) is 0 Å². The molecule has 0 spiro atoms. The van der Waals surface area contributed by atoms with E-state index in [9.17, 15) is 18.0 Å². The van der Waals surface area contributed by atoms with Crippen LogP contribution < -0.4 is 14.8 Å². The number of anilines is 1. The number of ether oxygens (including phenoxy) is 2. The van der Waals surface area contributed by atoms with Crippen molar-refractivity contribution in [2.45, 2.75) is 12.1 Å². The summed E-state index contributed by atoms with van der Waals surface area (Å²) in [4.78, 5) is 23.7. The van der Waals surface area contributed by atoms with Crippen LogP contribution in [0.5, 0.6) is 5.75 Å². The number of aromatic nitrogens is 3. The van der Waals surface area contributed by atoms with Crippen LogP contribution >= 0.6 is 11.8 Å². The molecule has 0 aliphatic heterocycles. The molecule has 2 aromatic carbocycles. The molecule has 11 nitrogen and oxygen atoms in total. The summed E-state index contributed by atoms with van der Waals surface area (Å²) in [5.41, 5.74) is 1.73. The minimum absolute atomic E-state index is 0.0100. The highest BCUT2D eigenvalue weighted by Crippen LogP contribution is 2.32.